The second kappa shape index (κ2) is 7.32. The van der Waals surface area contributed by atoms with Crippen molar-refractivity contribution in [2.75, 3.05) is 26.2 Å². The van der Waals surface area contributed by atoms with Gasteiger partial charge in [0.25, 0.3) is 5.91 Å². The predicted octanol–water partition coefficient (Wildman–Crippen LogP) is 0.764. The number of nitrogens with two attached hydrogens (primary N) is 1. The number of carbonyl (C=O) groups excluding carboxylic acids is 2. The summed E-state index contributed by atoms with van der Waals surface area (Å²) in [4.78, 5) is 28.0. The molecule has 2 rings (SSSR count). The van der Waals surface area contributed by atoms with Crippen molar-refractivity contribution in [1.82, 2.24) is 9.80 Å². The fourth-order valence-electron chi connectivity index (χ4n) is 2.93. The van der Waals surface area contributed by atoms with Gasteiger partial charge in [-0.05, 0) is 11.0 Å². The highest BCUT2D eigenvalue weighted by molar-refractivity contribution is 5.82. The van der Waals surface area contributed by atoms with Crippen LogP contribution in [0.2, 0.25) is 0 Å². The molecule has 1 aliphatic rings. The van der Waals surface area contributed by atoms with Gasteiger partial charge in [0.2, 0.25) is 5.91 Å². The van der Waals surface area contributed by atoms with Crippen molar-refractivity contribution >= 4 is 11.8 Å². The quantitative estimate of drug-likeness (QED) is 0.852. The van der Waals surface area contributed by atoms with E-state index in [-0.39, 0.29) is 5.91 Å². The van der Waals surface area contributed by atoms with E-state index in [0.29, 0.717) is 26.2 Å². The Morgan fingerprint density at radius 3 is 2.08 bits per heavy atom. The van der Waals surface area contributed by atoms with Gasteiger partial charge in [-0.1, -0.05) is 51.1 Å². The van der Waals surface area contributed by atoms with Crippen LogP contribution in [0.3, 0.4) is 0 Å². The lowest BCUT2D eigenvalue weighted by Gasteiger charge is -2.40. The fraction of sp³-hybridized carbons (Fsp3) is 0.556. The van der Waals surface area contributed by atoms with Crippen LogP contribution < -0.4 is 5.73 Å². The number of aliphatic hydroxyl groups excluding tert-OH is 1. The second-order valence-corrected chi connectivity index (χ2v) is 7.35. The van der Waals surface area contributed by atoms with Crippen molar-refractivity contribution in [3.63, 3.8) is 0 Å². The lowest BCUT2D eigenvalue weighted by atomic mass is 9.88. The van der Waals surface area contributed by atoms with E-state index in [1.54, 1.807) is 4.90 Å². The standard InChI is InChI=1S/C18H27N3O3/c1-18(2,3)15(22)17(24)21-11-9-20(10-12-21)14(16(19)23)13-7-5-4-6-8-13/h4-8,14-15,22H,9-12H2,1-3H3,(H2,19,23). The summed E-state index contributed by atoms with van der Waals surface area (Å²) in [5, 5.41) is 10.2. The highest BCUT2D eigenvalue weighted by Gasteiger charge is 2.35. The molecule has 1 aromatic rings. The zero-order chi connectivity index (χ0) is 17.9. The number of hydrogen-bond acceptors (Lipinski definition) is 4. The second-order valence-electron chi connectivity index (χ2n) is 7.35. The Hall–Kier alpha value is -1.92. The number of amides is 2. The van der Waals surface area contributed by atoms with Crippen molar-refractivity contribution in [3.05, 3.63) is 35.9 Å². The van der Waals surface area contributed by atoms with E-state index in [1.807, 2.05) is 56.0 Å². The van der Waals surface area contributed by atoms with Crippen LogP contribution in [-0.2, 0) is 9.59 Å². The average Bonchev–Trinajstić information content (AvgIpc) is 2.54. The van der Waals surface area contributed by atoms with Crippen LogP contribution in [0.4, 0.5) is 0 Å². The average molecular weight is 333 g/mol. The SMILES string of the molecule is CC(C)(C)C(O)C(=O)N1CCN(C(C(N)=O)c2ccccc2)CC1. The van der Waals surface area contributed by atoms with Crippen molar-refractivity contribution < 1.29 is 14.7 Å². The first-order valence-corrected chi connectivity index (χ1v) is 8.27. The minimum absolute atomic E-state index is 0.252. The molecule has 0 saturated carbocycles. The molecule has 1 aliphatic heterocycles. The topological polar surface area (TPSA) is 86.9 Å². The Morgan fingerprint density at radius 2 is 1.62 bits per heavy atom. The van der Waals surface area contributed by atoms with Gasteiger partial charge in [0, 0.05) is 26.2 Å². The number of carbonyl (C=O) groups is 2. The molecule has 132 valence electrons. The van der Waals surface area contributed by atoms with Crippen LogP contribution in [0, 0.1) is 5.41 Å². The molecule has 0 aliphatic carbocycles. The summed E-state index contributed by atoms with van der Waals surface area (Å²) < 4.78 is 0. The first kappa shape index (κ1) is 18.4. The van der Waals surface area contributed by atoms with E-state index in [4.69, 9.17) is 5.73 Å². The highest BCUT2D eigenvalue weighted by Crippen LogP contribution is 2.24. The molecule has 2 amide bonds. The highest BCUT2D eigenvalue weighted by atomic mass is 16.3. The number of nitrogens with zero attached hydrogens (tertiary/aromatic N) is 2. The van der Waals surface area contributed by atoms with Crippen LogP contribution in [0.15, 0.2) is 30.3 Å². The van der Waals surface area contributed by atoms with Crippen molar-refractivity contribution in [1.29, 1.82) is 0 Å². The molecule has 24 heavy (non-hydrogen) atoms. The maximum Gasteiger partial charge on any atom is 0.252 e. The summed E-state index contributed by atoms with van der Waals surface area (Å²) >= 11 is 0. The van der Waals surface area contributed by atoms with Crippen LogP contribution in [-0.4, -0.2) is 59.0 Å². The van der Waals surface area contributed by atoms with E-state index in [0.717, 1.165) is 5.56 Å². The van der Waals surface area contributed by atoms with Gasteiger partial charge in [0.05, 0.1) is 0 Å². The number of rotatable bonds is 4. The van der Waals surface area contributed by atoms with Crippen molar-refractivity contribution in [2.24, 2.45) is 11.1 Å². The molecule has 1 heterocycles. The number of aliphatic hydroxyl groups is 1. The minimum atomic E-state index is -1.02. The van der Waals surface area contributed by atoms with Crippen LogP contribution >= 0.6 is 0 Å². The summed E-state index contributed by atoms with van der Waals surface area (Å²) in [6.45, 7) is 7.56. The summed E-state index contributed by atoms with van der Waals surface area (Å²) in [7, 11) is 0. The molecule has 6 heteroatoms. The molecule has 2 atom stereocenters. The molecule has 2 unspecified atom stereocenters. The largest absolute Gasteiger partial charge is 0.383 e. The molecule has 6 nitrogen and oxygen atoms in total. The Kier molecular flexibility index (Phi) is 5.62. The van der Waals surface area contributed by atoms with Crippen molar-refractivity contribution in [2.45, 2.75) is 32.9 Å². The number of hydrogen-bond donors (Lipinski definition) is 2. The lowest BCUT2D eigenvalue weighted by Crippen LogP contribution is -2.55. The summed E-state index contributed by atoms with van der Waals surface area (Å²) in [6.07, 6.45) is -1.02. The fourth-order valence-corrected chi connectivity index (χ4v) is 2.93. The van der Waals surface area contributed by atoms with Gasteiger partial charge in [-0.2, -0.15) is 0 Å². The smallest absolute Gasteiger partial charge is 0.252 e. The Morgan fingerprint density at radius 1 is 1.08 bits per heavy atom. The molecule has 0 bridgehead atoms. The molecular formula is C18H27N3O3. The van der Waals surface area contributed by atoms with E-state index < -0.39 is 23.5 Å². The number of benzene rings is 1. The minimum Gasteiger partial charge on any atom is -0.383 e. The molecule has 0 aromatic heterocycles. The first-order chi connectivity index (χ1) is 11.2. The zero-order valence-electron chi connectivity index (χ0n) is 14.6. The Bertz CT molecular complexity index is 575. The molecule has 1 saturated heterocycles. The first-order valence-electron chi connectivity index (χ1n) is 8.27. The van der Waals surface area contributed by atoms with Gasteiger partial charge in [0.1, 0.15) is 12.1 Å². The van der Waals surface area contributed by atoms with Gasteiger partial charge < -0.3 is 15.7 Å². The van der Waals surface area contributed by atoms with Crippen LogP contribution in [0.1, 0.15) is 32.4 Å². The van der Waals surface area contributed by atoms with E-state index in [1.165, 1.54) is 0 Å². The van der Waals surface area contributed by atoms with Crippen molar-refractivity contribution in [3.8, 4) is 0 Å². The summed E-state index contributed by atoms with van der Waals surface area (Å²) in [5.74, 6) is -0.645. The maximum absolute atomic E-state index is 12.4. The summed E-state index contributed by atoms with van der Waals surface area (Å²) in [6, 6.07) is 8.93. The lowest BCUT2D eigenvalue weighted by molar-refractivity contribution is -0.148. The van der Waals surface area contributed by atoms with E-state index in [2.05, 4.69) is 0 Å². The molecule has 0 spiro atoms. The van der Waals surface area contributed by atoms with E-state index >= 15 is 0 Å². The van der Waals surface area contributed by atoms with Gasteiger partial charge in [-0.3, -0.25) is 14.5 Å². The summed E-state index contributed by atoms with van der Waals surface area (Å²) in [5.41, 5.74) is 5.97. The molecule has 1 fully saturated rings. The van der Waals surface area contributed by atoms with Crippen LogP contribution in [0.25, 0.3) is 0 Å². The van der Waals surface area contributed by atoms with E-state index in [9.17, 15) is 14.7 Å². The zero-order valence-corrected chi connectivity index (χ0v) is 14.6. The monoisotopic (exact) mass is 333 g/mol. The normalized spacial score (nSPS) is 18.9. The van der Waals surface area contributed by atoms with Gasteiger partial charge in [-0.25, -0.2) is 0 Å². The van der Waals surface area contributed by atoms with Gasteiger partial charge >= 0.3 is 0 Å². The maximum atomic E-state index is 12.4. The number of primary amides is 1. The van der Waals surface area contributed by atoms with Gasteiger partial charge in [0.15, 0.2) is 0 Å². The Labute approximate surface area is 143 Å². The third-order valence-corrected chi connectivity index (χ3v) is 4.43. The van der Waals surface area contributed by atoms with Gasteiger partial charge in [-0.15, -0.1) is 0 Å². The number of piperazine rings is 1. The molecule has 0 radical (unpaired) electrons. The third kappa shape index (κ3) is 4.13. The third-order valence-electron chi connectivity index (χ3n) is 4.43. The Balaban J connectivity index is 2.03. The van der Waals surface area contributed by atoms with Crippen LogP contribution in [0.5, 0.6) is 0 Å². The predicted molar refractivity (Wildman–Crippen MR) is 92.0 cm³/mol. The molecule has 1 aromatic carbocycles. The molecule has 3 N–H and O–H groups in total. The molecular weight excluding hydrogens is 306 g/mol.